The Balaban J connectivity index is 2.90. The molecule has 0 aliphatic carbocycles. The molecule has 0 saturated carbocycles. The molecule has 0 heterocycles. The van der Waals surface area contributed by atoms with Crippen LogP contribution in [0, 0.1) is 0 Å². The molecule has 134 valence electrons. The van der Waals surface area contributed by atoms with Crippen molar-refractivity contribution in [3.8, 4) is 0 Å². The van der Waals surface area contributed by atoms with Crippen molar-refractivity contribution in [1.29, 1.82) is 0 Å². The molecule has 0 saturated heterocycles. The van der Waals surface area contributed by atoms with Gasteiger partial charge >= 0.3 is 11.9 Å². The molecule has 2 atom stereocenters. The van der Waals surface area contributed by atoms with Gasteiger partial charge in [-0.15, -0.1) is 0 Å². The quantitative estimate of drug-likeness (QED) is 0.480. The van der Waals surface area contributed by atoms with Crippen molar-refractivity contribution in [2.24, 2.45) is 0 Å². The van der Waals surface area contributed by atoms with Crippen molar-refractivity contribution in [3.05, 3.63) is 35.4 Å². The summed E-state index contributed by atoms with van der Waals surface area (Å²) in [5.41, 5.74) is 0.291. The number of benzene rings is 1. The van der Waals surface area contributed by atoms with Crippen LogP contribution in [0.25, 0.3) is 0 Å². The van der Waals surface area contributed by atoms with E-state index in [-0.39, 0.29) is 11.1 Å². The van der Waals surface area contributed by atoms with Gasteiger partial charge in [-0.3, -0.25) is 0 Å². The van der Waals surface area contributed by atoms with Crippen LogP contribution >= 0.6 is 0 Å². The van der Waals surface area contributed by atoms with Gasteiger partial charge in [0, 0.05) is 27.1 Å². The first kappa shape index (κ1) is 20.1. The van der Waals surface area contributed by atoms with Crippen LogP contribution in [0.3, 0.4) is 0 Å². The molecule has 1 rings (SSSR count). The predicted molar refractivity (Wildman–Crippen MR) is 88.7 cm³/mol. The molecule has 6 heteroatoms. The van der Waals surface area contributed by atoms with Crippen molar-refractivity contribution in [3.63, 3.8) is 0 Å². The largest absolute Gasteiger partial charge is 0.432 e. The summed E-state index contributed by atoms with van der Waals surface area (Å²) < 4.78 is 20.8. The van der Waals surface area contributed by atoms with Crippen LogP contribution in [0.5, 0.6) is 0 Å². The smallest absolute Gasteiger partial charge is 0.341 e. The number of ether oxygens (including phenoxy) is 4. The number of hydrogen-bond donors (Lipinski definition) is 0. The lowest BCUT2D eigenvalue weighted by Crippen LogP contribution is -2.24. The molecule has 6 nitrogen and oxygen atoms in total. The first-order chi connectivity index (χ1) is 11.6. The zero-order chi connectivity index (χ0) is 17.9. The zero-order valence-corrected chi connectivity index (χ0v) is 14.7. The third-order valence-corrected chi connectivity index (χ3v) is 3.42. The minimum absolute atomic E-state index is 0.145. The molecule has 0 aliphatic rings. The molecular weight excluding hydrogens is 312 g/mol. The normalized spacial score (nSPS) is 13.2. The van der Waals surface area contributed by atoms with E-state index in [9.17, 15) is 9.59 Å². The van der Waals surface area contributed by atoms with Crippen LogP contribution in [0.4, 0.5) is 0 Å². The second-order valence-electron chi connectivity index (χ2n) is 5.26. The van der Waals surface area contributed by atoms with E-state index >= 15 is 0 Å². The summed E-state index contributed by atoms with van der Waals surface area (Å²) in [5.74, 6) is -1.24. The Morgan fingerprint density at radius 1 is 0.833 bits per heavy atom. The maximum absolute atomic E-state index is 12.4. The van der Waals surface area contributed by atoms with E-state index < -0.39 is 24.5 Å². The zero-order valence-electron chi connectivity index (χ0n) is 14.7. The monoisotopic (exact) mass is 338 g/mol. The predicted octanol–water partition coefficient (Wildman–Crippen LogP) is 3.55. The fourth-order valence-electron chi connectivity index (χ4n) is 2.13. The Kier molecular flexibility index (Phi) is 9.04. The fraction of sp³-hybridized carbons (Fsp3) is 0.556. The van der Waals surface area contributed by atoms with Crippen LogP contribution < -0.4 is 0 Å². The Morgan fingerprint density at radius 3 is 1.50 bits per heavy atom. The van der Waals surface area contributed by atoms with Gasteiger partial charge in [0.25, 0.3) is 0 Å². The van der Waals surface area contributed by atoms with E-state index in [2.05, 4.69) is 0 Å². The second kappa shape index (κ2) is 10.8. The van der Waals surface area contributed by atoms with Crippen LogP contribution in [0.2, 0.25) is 0 Å². The van der Waals surface area contributed by atoms with E-state index in [0.717, 1.165) is 12.8 Å². The average molecular weight is 338 g/mol. The van der Waals surface area contributed by atoms with Gasteiger partial charge in [0.2, 0.25) is 12.6 Å². The molecule has 1 aromatic carbocycles. The van der Waals surface area contributed by atoms with E-state index in [1.165, 1.54) is 26.4 Å². The topological polar surface area (TPSA) is 71.1 Å². The third-order valence-electron chi connectivity index (χ3n) is 3.42. The lowest BCUT2D eigenvalue weighted by atomic mass is 10.1. The van der Waals surface area contributed by atoms with Crippen LogP contribution in [-0.4, -0.2) is 38.7 Å². The van der Waals surface area contributed by atoms with Gasteiger partial charge in [0.05, 0.1) is 11.1 Å². The molecule has 0 N–H and O–H groups in total. The van der Waals surface area contributed by atoms with Crippen LogP contribution in [0.1, 0.15) is 60.2 Å². The number of rotatable bonds is 10. The number of esters is 2. The van der Waals surface area contributed by atoms with E-state index in [0.29, 0.717) is 12.8 Å². The maximum atomic E-state index is 12.4. The van der Waals surface area contributed by atoms with Gasteiger partial charge < -0.3 is 18.9 Å². The Bertz CT molecular complexity index is 481. The summed E-state index contributed by atoms with van der Waals surface area (Å²) >= 11 is 0. The van der Waals surface area contributed by atoms with Gasteiger partial charge in [-0.25, -0.2) is 9.59 Å². The highest BCUT2D eigenvalue weighted by Gasteiger charge is 2.23. The molecule has 0 aromatic heterocycles. The van der Waals surface area contributed by atoms with E-state index in [1.807, 2.05) is 13.8 Å². The average Bonchev–Trinajstić information content (AvgIpc) is 2.60. The highest BCUT2D eigenvalue weighted by Crippen LogP contribution is 2.16. The number of methoxy groups -OCH3 is 2. The van der Waals surface area contributed by atoms with Gasteiger partial charge in [0.15, 0.2) is 0 Å². The summed E-state index contributed by atoms with van der Waals surface area (Å²) in [5, 5.41) is 0. The van der Waals surface area contributed by atoms with Gasteiger partial charge in [-0.05, 0) is 12.1 Å². The first-order valence-electron chi connectivity index (χ1n) is 8.13. The van der Waals surface area contributed by atoms with Gasteiger partial charge in [-0.1, -0.05) is 38.8 Å². The fourth-order valence-corrected chi connectivity index (χ4v) is 2.13. The molecule has 1 aromatic rings. The molecule has 0 bridgehead atoms. The highest BCUT2D eigenvalue weighted by molar-refractivity contribution is 6.03. The standard InChI is InChI=1S/C18H26O6/c1-5-9-15(21-3)23-17(19)13-11-7-8-12-14(13)18(20)24-16(22-4)10-6-2/h7-8,11-12,15-16H,5-6,9-10H2,1-4H3. The second-order valence-corrected chi connectivity index (χ2v) is 5.26. The summed E-state index contributed by atoms with van der Waals surface area (Å²) in [4.78, 5) is 24.7. The number of carbonyl (C=O) groups excluding carboxylic acids is 2. The van der Waals surface area contributed by atoms with E-state index in [1.54, 1.807) is 12.1 Å². The van der Waals surface area contributed by atoms with Crippen molar-refractivity contribution < 1.29 is 28.5 Å². The van der Waals surface area contributed by atoms with Gasteiger partial charge in [-0.2, -0.15) is 0 Å². The molecule has 24 heavy (non-hydrogen) atoms. The summed E-state index contributed by atoms with van der Waals surface area (Å²) in [7, 11) is 2.95. The van der Waals surface area contributed by atoms with Crippen molar-refractivity contribution >= 4 is 11.9 Å². The summed E-state index contributed by atoms with van der Waals surface area (Å²) in [6.07, 6.45) is 1.50. The highest BCUT2D eigenvalue weighted by atomic mass is 16.7. The molecule has 0 amide bonds. The lowest BCUT2D eigenvalue weighted by Gasteiger charge is -2.18. The Labute approximate surface area is 143 Å². The third kappa shape index (κ3) is 5.94. The van der Waals surface area contributed by atoms with E-state index in [4.69, 9.17) is 18.9 Å². The molecule has 2 unspecified atom stereocenters. The van der Waals surface area contributed by atoms with Crippen molar-refractivity contribution in [2.75, 3.05) is 14.2 Å². The number of carbonyl (C=O) groups is 2. The van der Waals surface area contributed by atoms with Crippen molar-refractivity contribution in [1.82, 2.24) is 0 Å². The summed E-state index contributed by atoms with van der Waals surface area (Å²) in [6.45, 7) is 3.92. The molecule has 0 fully saturated rings. The van der Waals surface area contributed by atoms with Crippen LogP contribution in [-0.2, 0) is 18.9 Å². The SMILES string of the molecule is CCCC(OC)OC(=O)c1ccccc1C(=O)OC(CCC)OC. The molecular formula is C18H26O6. The first-order valence-corrected chi connectivity index (χ1v) is 8.13. The minimum atomic E-state index is -0.640. The summed E-state index contributed by atoms with van der Waals surface area (Å²) in [6, 6.07) is 6.38. The lowest BCUT2D eigenvalue weighted by molar-refractivity contribution is -0.0959. The molecule has 0 radical (unpaired) electrons. The minimum Gasteiger partial charge on any atom is -0.432 e. The number of hydrogen-bond acceptors (Lipinski definition) is 6. The van der Waals surface area contributed by atoms with Crippen molar-refractivity contribution in [2.45, 2.75) is 52.1 Å². The van der Waals surface area contributed by atoms with Crippen LogP contribution in [0.15, 0.2) is 24.3 Å². The maximum Gasteiger partial charge on any atom is 0.341 e. The molecule has 0 aliphatic heterocycles. The van der Waals surface area contributed by atoms with Gasteiger partial charge in [0.1, 0.15) is 0 Å². The molecule has 0 spiro atoms. The Hall–Kier alpha value is -1.92. The Morgan fingerprint density at radius 2 is 1.21 bits per heavy atom.